The molecule has 6 heteroatoms. The van der Waals surface area contributed by atoms with E-state index in [1.54, 1.807) is 11.6 Å². The SMILES string of the molecule is COc1ccc(/C=C\c2nn3c(-c4cccc(C)c4)nnc3s2)cc1. The number of benzene rings is 2. The number of ether oxygens (including phenoxy) is 1. The molecule has 0 N–H and O–H groups in total. The van der Waals surface area contributed by atoms with Crippen LogP contribution in [0.1, 0.15) is 16.1 Å². The number of rotatable bonds is 4. The van der Waals surface area contributed by atoms with Gasteiger partial charge in [0.2, 0.25) is 4.96 Å². The molecule has 0 saturated heterocycles. The van der Waals surface area contributed by atoms with Gasteiger partial charge in [0.05, 0.1) is 7.11 Å². The van der Waals surface area contributed by atoms with Crippen molar-refractivity contribution in [1.82, 2.24) is 19.8 Å². The van der Waals surface area contributed by atoms with Crippen LogP contribution in [0.4, 0.5) is 0 Å². The third kappa shape index (κ3) is 3.16. The molecular formula is C19H16N4OS. The minimum Gasteiger partial charge on any atom is -0.497 e. The number of aryl methyl sites for hydroxylation is 1. The van der Waals surface area contributed by atoms with Crippen molar-refractivity contribution in [1.29, 1.82) is 0 Å². The smallest absolute Gasteiger partial charge is 0.235 e. The van der Waals surface area contributed by atoms with Gasteiger partial charge in [0.15, 0.2) is 5.82 Å². The Morgan fingerprint density at radius 2 is 1.88 bits per heavy atom. The summed E-state index contributed by atoms with van der Waals surface area (Å²) in [7, 11) is 1.66. The lowest BCUT2D eigenvalue weighted by molar-refractivity contribution is 0.415. The normalized spacial score (nSPS) is 11.4. The molecule has 0 fully saturated rings. The predicted octanol–water partition coefficient (Wildman–Crippen LogP) is 4.34. The topological polar surface area (TPSA) is 52.3 Å². The molecule has 25 heavy (non-hydrogen) atoms. The summed E-state index contributed by atoms with van der Waals surface area (Å²) in [5.74, 6) is 1.61. The molecule has 0 spiro atoms. The predicted molar refractivity (Wildman–Crippen MR) is 101 cm³/mol. The lowest BCUT2D eigenvalue weighted by Gasteiger charge is -1.98. The van der Waals surface area contributed by atoms with E-state index in [-0.39, 0.29) is 0 Å². The molecule has 0 aliphatic heterocycles. The van der Waals surface area contributed by atoms with Crippen molar-refractivity contribution in [2.24, 2.45) is 0 Å². The maximum Gasteiger partial charge on any atom is 0.235 e. The summed E-state index contributed by atoms with van der Waals surface area (Å²) in [6.07, 6.45) is 4.01. The third-order valence-electron chi connectivity index (χ3n) is 3.82. The summed E-state index contributed by atoms with van der Waals surface area (Å²) in [5.41, 5.74) is 3.29. The monoisotopic (exact) mass is 348 g/mol. The van der Waals surface area contributed by atoms with E-state index in [0.29, 0.717) is 0 Å². The standard InChI is InChI=1S/C19H16N4OS/c1-13-4-3-5-15(12-13)18-20-21-19-23(18)22-17(25-19)11-8-14-6-9-16(24-2)10-7-14/h3-12H,1-2H3/b11-8-. The number of aromatic nitrogens is 4. The highest BCUT2D eigenvalue weighted by Gasteiger charge is 2.12. The zero-order valence-corrected chi connectivity index (χ0v) is 14.7. The molecule has 0 unspecified atom stereocenters. The number of nitrogens with zero attached hydrogens (tertiary/aromatic N) is 4. The van der Waals surface area contributed by atoms with E-state index in [2.05, 4.69) is 34.4 Å². The summed E-state index contributed by atoms with van der Waals surface area (Å²) >= 11 is 1.51. The zero-order valence-electron chi connectivity index (χ0n) is 13.9. The lowest BCUT2D eigenvalue weighted by atomic mass is 10.1. The molecule has 4 rings (SSSR count). The quantitative estimate of drug-likeness (QED) is 0.550. The number of hydrogen-bond acceptors (Lipinski definition) is 5. The van der Waals surface area contributed by atoms with Gasteiger partial charge in [-0.25, -0.2) is 0 Å². The number of methoxy groups -OCH3 is 1. The fourth-order valence-corrected chi connectivity index (χ4v) is 3.29. The van der Waals surface area contributed by atoms with Crippen LogP contribution >= 0.6 is 11.3 Å². The van der Waals surface area contributed by atoms with Crippen LogP contribution in [0, 0.1) is 6.92 Å². The van der Waals surface area contributed by atoms with Gasteiger partial charge in [0.1, 0.15) is 10.8 Å². The average Bonchev–Trinajstić information content (AvgIpc) is 3.20. The Hall–Kier alpha value is -2.99. The van der Waals surface area contributed by atoms with Crippen molar-refractivity contribution in [3.05, 3.63) is 64.7 Å². The second kappa shape index (κ2) is 6.49. The maximum atomic E-state index is 5.17. The fourth-order valence-electron chi connectivity index (χ4n) is 2.55. The molecule has 4 aromatic rings. The van der Waals surface area contributed by atoms with Crippen LogP contribution < -0.4 is 4.74 Å². The largest absolute Gasteiger partial charge is 0.497 e. The summed E-state index contributed by atoms with van der Waals surface area (Å²) < 4.78 is 6.97. The van der Waals surface area contributed by atoms with Crippen molar-refractivity contribution in [3.8, 4) is 17.1 Å². The van der Waals surface area contributed by atoms with Gasteiger partial charge in [-0.3, -0.25) is 0 Å². The van der Waals surface area contributed by atoms with E-state index in [1.165, 1.54) is 16.9 Å². The highest BCUT2D eigenvalue weighted by Crippen LogP contribution is 2.23. The Balaban J connectivity index is 1.64. The highest BCUT2D eigenvalue weighted by atomic mass is 32.1. The molecule has 0 aliphatic rings. The molecule has 2 aromatic carbocycles. The highest BCUT2D eigenvalue weighted by molar-refractivity contribution is 7.17. The van der Waals surface area contributed by atoms with E-state index < -0.39 is 0 Å². The van der Waals surface area contributed by atoms with Crippen molar-refractivity contribution in [2.75, 3.05) is 7.11 Å². The van der Waals surface area contributed by atoms with Crippen molar-refractivity contribution < 1.29 is 4.74 Å². The van der Waals surface area contributed by atoms with Crippen molar-refractivity contribution >= 4 is 28.4 Å². The van der Waals surface area contributed by atoms with E-state index in [9.17, 15) is 0 Å². The van der Waals surface area contributed by atoms with E-state index >= 15 is 0 Å². The van der Waals surface area contributed by atoms with E-state index in [4.69, 9.17) is 4.74 Å². The molecule has 5 nitrogen and oxygen atoms in total. The van der Waals surface area contributed by atoms with Crippen LogP contribution in [0.25, 0.3) is 28.5 Å². The van der Waals surface area contributed by atoms with Gasteiger partial charge >= 0.3 is 0 Å². The Morgan fingerprint density at radius 3 is 2.64 bits per heavy atom. The molecule has 0 aliphatic carbocycles. The molecule has 2 heterocycles. The van der Waals surface area contributed by atoms with E-state index in [0.717, 1.165) is 32.7 Å². The van der Waals surface area contributed by atoms with Gasteiger partial charge in [-0.05, 0) is 36.8 Å². The van der Waals surface area contributed by atoms with Crippen molar-refractivity contribution in [2.45, 2.75) is 6.92 Å². The summed E-state index contributed by atoms with van der Waals surface area (Å²) in [4.78, 5) is 0.783. The van der Waals surface area contributed by atoms with Crippen molar-refractivity contribution in [3.63, 3.8) is 0 Å². The molecule has 0 saturated carbocycles. The minimum atomic E-state index is 0.763. The Bertz CT molecular complexity index is 1050. The van der Waals surface area contributed by atoms with Gasteiger partial charge in [0.25, 0.3) is 0 Å². The molecule has 0 amide bonds. The Labute approximate surface area is 149 Å². The second-order valence-corrected chi connectivity index (χ2v) is 6.62. The summed E-state index contributed by atoms with van der Waals surface area (Å²) in [6.45, 7) is 2.06. The molecule has 0 atom stereocenters. The van der Waals surface area contributed by atoms with Crippen LogP contribution in [0.15, 0.2) is 48.5 Å². The molecule has 124 valence electrons. The summed E-state index contributed by atoms with van der Waals surface area (Å²) in [6, 6.07) is 16.1. The fraction of sp³-hybridized carbons (Fsp3) is 0.105. The van der Waals surface area contributed by atoms with Crippen LogP contribution in [0.2, 0.25) is 0 Å². The first kappa shape index (κ1) is 15.5. The minimum absolute atomic E-state index is 0.763. The first-order valence-corrected chi connectivity index (χ1v) is 8.66. The third-order valence-corrected chi connectivity index (χ3v) is 4.68. The average molecular weight is 348 g/mol. The van der Waals surface area contributed by atoms with Gasteiger partial charge in [-0.1, -0.05) is 53.3 Å². The van der Waals surface area contributed by atoms with E-state index in [1.807, 2.05) is 48.6 Å². The maximum absolute atomic E-state index is 5.17. The molecule has 0 bridgehead atoms. The Kier molecular flexibility index (Phi) is 4.03. The Morgan fingerprint density at radius 1 is 1.04 bits per heavy atom. The lowest BCUT2D eigenvalue weighted by Crippen LogP contribution is -1.91. The zero-order chi connectivity index (χ0) is 17.2. The molecular weight excluding hydrogens is 332 g/mol. The molecule has 0 radical (unpaired) electrons. The number of hydrogen-bond donors (Lipinski definition) is 0. The number of fused-ring (bicyclic) bond motifs is 1. The van der Waals surface area contributed by atoms with Gasteiger partial charge in [0, 0.05) is 5.56 Å². The first-order chi connectivity index (χ1) is 12.2. The van der Waals surface area contributed by atoms with Gasteiger partial charge in [-0.2, -0.15) is 9.61 Å². The van der Waals surface area contributed by atoms with Gasteiger partial charge < -0.3 is 4.74 Å². The molecule has 2 aromatic heterocycles. The van der Waals surface area contributed by atoms with Crippen LogP contribution in [-0.2, 0) is 0 Å². The van der Waals surface area contributed by atoms with Crippen LogP contribution in [0.5, 0.6) is 5.75 Å². The van der Waals surface area contributed by atoms with Crippen LogP contribution in [0.3, 0.4) is 0 Å². The van der Waals surface area contributed by atoms with Gasteiger partial charge in [-0.15, -0.1) is 10.2 Å². The summed E-state index contributed by atoms with van der Waals surface area (Å²) in [5, 5.41) is 14.0. The van der Waals surface area contributed by atoms with Crippen LogP contribution in [-0.4, -0.2) is 26.9 Å². The first-order valence-electron chi connectivity index (χ1n) is 7.84. The second-order valence-electron chi connectivity index (χ2n) is 5.63.